The summed E-state index contributed by atoms with van der Waals surface area (Å²) in [4.78, 5) is 23.4. The van der Waals surface area contributed by atoms with E-state index in [-0.39, 0.29) is 11.2 Å². The molecule has 2 rings (SSSR count). The van der Waals surface area contributed by atoms with E-state index in [1.54, 1.807) is 7.05 Å². The Morgan fingerprint density at radius 1 is 1.21 bits per heavy atom. The number of hydrogen-bond donors (Lipinski definition) is 1. The minimum atomic E-state index is -0.304. The Morgan fingerprint density at radius 3 is 2.68 bits per heavy atom. The summed E-state index contributed by atoms with van der Waals surface area (Å²) in [7, 11) is 1.62. The van der Waals surface area contributed by atoms with Gasteiger partial charge in [0.1, 0.15) is 0 Å². The summed E-state index contributed by atoms with van der Waals surface area (Å²) in [5.74, 6) is 0. The van der Waals surface area contributed by atoms with E-state index in [0.29, 0.717) is 13.1 Å². The van der Waals surface area contributed by atoms with Gasteiger partial charge in [-0.2, -0.15) is 0 Å². The van der Waals surface area contributed by atoms with Gasteiger partial charge in [-0.15, -0.1) is 0 Å². The maximum Gasteiger partial charge on any atom is 0.330 e. The molecule has 100 valence electrons. The molecule has 1 heterocycles. The molecule has 19 heavy (non-hydrogen) atoms. The molecule has 0 aliphatic carbocycles. The third-order valence-corrected chi connectivity index (χ3v) is 3.46. The molecule has 2 aromatic rings. The summed E-state index contributed by atoms with van der Waals surface area (Å²) < 4.78 is 3.55. The normalized spacial score (nSPS) is 10.4. The smallest absolute Gasteiger partial charge is 0.330 e. The number of aryl methyl sites for hydroxylation is 1. The van der Waals surface area contributed by atoms with Gasteiger partial charge in [-0.05, 0) is 28.1 Å². The molecule has 0 bridgehead atoms. The fraction of sp³-hybridized carbons (Fsp3) is 0.231. The zero-order chi connectivity index (χ0) is 13.8. The molecule has 0 unspecified atom stereocenters. The first-order valence-electron chi connectivity index (χ1n) is 5.84. The van der Waals surface area contributed by atoms with Gasteiger partial charge in [-0.3, -0.25) is 9.36 Å². The van der Waals surface area contributed by atoms with Crippen LogP contribution in [0.1, 0.15) is 0 Å². The third-order valence-electron chi connectivity index (χ3n) is 2.76. The van der Waals surface area contributed by atoms with Crippen LogP contribution in [0.25, 0.3) is 0 Å². The topological polar surface area (TPSA) is 56.0 Å². The highest BCUT2D eigenvalue weighted by Crippen LogP contribution is 2.20. The predicted octanol–water partition coefficient (Wildman–Crippen LogP) is 1.42. The maximum atomic E-state index is 11.8. The molecule has 0 fully saturated rings. The average Bonchev–Trinajstić information content (AvgIpc) is 2.40. The average molecular weight is 324 g/mol. The van der Waals surface area contributed by atoms with E-state index in [1.165, 1.54) is 21.4 Å². The van der Waals surface area contributed by atoms with E-state index in [9.17, 15) is 9.59 Å². The minimum absolute atomic E-state index is 0.281. The van der Waals surface area contributed by atoms with Gasteiger partial charge in [0, 0.05) is 42.6 Å². The van der Waals surface area contributed by atoms with Gasteiger partial charge in [-0.1, -0.05) is 12.1 Å². The van der Waals surface area contributed by atoms with Crippen molar-refractivity contribution in [3.05, 3.63) is 61.8 Å². The number of aromatic nitrogens is 2. The number of anilines is 1. The van der Waals surface area contributed by atoms with Crippen molar-refractivity contribution in [2.45, 2.75) is 6.54 Å². The monoisotopic (exact) mass is 323 g/mol. The van der Waals surface area contributed by atoms with Crippen LogP contribution >= 0.6 is 15.9 Å². The summed E-state index contributed by atoms with van der Waals surface area (Å²) >= 11 is 3.43. The molecule has 0 amide bonds. The van der Waals surface area contributed by atoms with Crippen LogP contribution in [0, 0.1) is 0 Å². The van der Waals surface area contributed by atoms with Crippen molar-refractivity contribution < 1.29 is 0 Å². The highest BCUT2D eigenvalue weighted by atomic mass is 79.9. The second kappa shape index (κ2) is 5.88. The second-order valence-corrected chi connectivity index (χ2v) is 4.96. The summed E-state index contributed by atoms with van der Waals surface area (Å²) in [5.41, 5.74) is 0.349. The number of benzene rings is 1. The Bertz CT molecular complexity index is 691. The standard InChI is InChI=1S/C13H14BrN3O2/c1-16-8-6-12(18)17(13(16)19)9-7-15-11-5-3-2-4-10(11)14/h2-6,8,15H,7,9H2,1H3. The highest BCUT2D eigenvalue weighted by Gasteiger charge is 2.03. The largest absolute Gasteiger partial charge is 0.382 e. The Kier molecular flexibility index (Phi) is 4.21. The first-order valence-corrected chi connectivity index (χ1v) is 6.64. The molecule has 0 radical (unpaired) electrons. The lowest BCUT2D eigenvalue weighted by Gasteiger charge is -2.10. The van der Waals surface area contributed by atoms with E-state index >= 15 is 0 Å². The van der Waals surface area contributed by atoms with E-state index in [2.05, 4.69) is 21.2 Å². The first-order chi connectivity index (χ1) is 9.09. The molecular formula is C13H14BrN3O2. The van der Waals surface area contributed by atoms with Gasteiger partial charge in [0.2, 0.25) is 0 Å². The third kappa shape index (κ3) is 3.14. The van der Waals surface area contributed by atoms with Crippen molar-refractivity contribution in [2.75, 3.05) is 11.9 Å². The van der Waals surface area contributed by atoms with Gasteiger partial charge in [0.15, 0.2) is 0 Å². The van der Waals surface area contributed by atoms with Gasteiger partial charge in [-0.25, -0.2) is 4.79 Å². The fourth-order valence-electron chi connectivity index (χ4n) is 1.73. The molecule has 0 aliphatic rings. The molecule has 0 atom stereocenters. The SMILES string of the molecule is Cn1ccc(=O)n(CCNc2ccccc2Br)c1=O. The number of hydrogen-bond acceptors (Lipinski definition) is 3. The second-order valence-electron chi connectivity index (χ2n) is 4.11. The van der Waals surface area contributed by atoms with Crippen LogP contribution in [-0.2, 0) is 13.6 Å². The van der Waals surface area contributed by atoms with Gasteiger partial charge >= 0.3 is 5.69 Å². The Hall–Kier alpha value is -1.82. The molecule has 0 saturated heterocycles. The number of para-hydroxylation sites is 1. The number of rotatable bonds is 4. The zero-order valence-electron chi connectivity index (χ0n) is 10.5. The molecule has 1 N–H and O–H groups in total. The van der Waals surface area contributed by atoms with Crippen LogP contribution < -0.4 is 16.6 Å². The zero-order valence-corrected chi connectivity index (χ0v) is 12.1. The van der Waals surface area contributed by atoms with E-state index < -0.39 is 0 Å². The summed E-state index contributed by atoms with van der Waals surface area (Å²) in [5, 5.41) is 3.18. The lowest BCUT2D eigenvalue weighted by molar-refractivity contribution is 0.607. The summed E-state index contributed by atoms with van der Waals surface area (Å²) in [6.45, 7) is 0.829. The van der Waals surface area contributed by atoms with Crippen molar-refractivity contribution in [2.24, 2.45) is 7.05 Å². The Balaban J connectivity index is 2.09. The van der Waals surface area contributed by atoms with Crippen LogP contribution in [0.2, 0.25) is 0 Å². The van der Waals surface area contributed by atoms with Gasteiger partial charge in [0.25, 0.3) is 5.56 Å². The van der Waals surface area contributed by atoms with Gasteiger partial charge in [0.05, 0.1) is 0 Å². The summed E-state index contributed by atoms with van der Waals surface area (Å²) in [6.07, 6.45) is 1.47. The first kappa shape index (κ1) is 13.6. The lowest BCUT2D eigenvalue weighted by Crippen LogP contribution is -2.39. The Morgan fingerprint density at radius 2 is 1.95 bits per heavy atom. The highest BCUT2D eigenvalue weighted by molar-refractivity contribution is 9.10. The fourth-order valence-corrected chi connectivity index (χ4v) is 2.15. The van der Waals surface area contributed by atoms with Crippen molar-refractivity contribution >= 4 is 21.6 Å². The minimum Gasteiger partial charge on any atom is -0.382 e. The molecule has 1 aromatic heterocycles. The van der Waals surface area contributed by atoms with Crippen LogP contribution in [0.3, 0.4) is 0 Å². The number of halogens is 1. The Labute approximate surface area is 118 Å². The van der Waals surface area contributed by atoms with Crippen molar-refractivity contribution in [3.8, 4) is 0 Å². The van der Waals surface area contributed by atoms with Crippen LogP contribution in [0.5, 0.6) is 0 Å². The van der Waals surface area contributed by atoms with Crippen LogP contribution in [-0.4, -0.2) is 15.7 Å². The van der Waals surface area contributed by atoms with E-state index in [4.69, 9.17) is 0 Å². The lowest BCUT2D eigenvalue weighted by atomic mass is 10.3. The maximum absolute atomic E-state index is 11.8. The molecule has 5 nitrogen and oxygen atoms in total. The van der Waals surface area contributed by atoms with Crippen LogP contribution in [0.4, 0.5) is 5.69 Å². The van der Waals surface area contributed by atoms with E-state index in [0.717, 1.165) is 10.2 Å². The number of nitrogens with one attached hydrogen (secondary N) is 1. The quantitative estimate of drug-likeness (QED) is 0.925. The van der Waals surface area contributed by atoms with Crippen molar-refractivity contribution in [3.63, 3.8) is 0 Å². The van der Waals surface area contributed by atoms with E-state index in [1.807, 2.05) is 24.3 Å². The molecule has 0 saturated carbocycles. The molecule has 0 aliphatic heterocycles. The predicted molar refractivity (Wildman–Crippen MR) is 78.6 cm³/mol. The van der Waals surface area contributed by atoms with Crippen molar-refractivity contribution in [1.29, 1.82) is 0 Å². The summed E-state index contributed by atoms with van der Waals surface area (Å²) in [6, 6.07) is 9.08. The molecular weight excluding hydrogens is 310 g/mol. The molecule has 0 spiro atoms. The molecule has 1 aromatic carbocycles. The van der Waals surface area contributed by atoms with Gasteiger partial charge < -0.3 is 9.88 Å². The molecule has 6 heteroatoms. The number of nitrogens with zero attached hydrogens (tertiary/aromatic N) is 2. The van der Waals surface area contributed by atoms with Crippen molar-refractivity contribution in [1.82, 2.24) is 9.13 Å². The van der Waals surface area contributed by atoms with Crippen LogP contribution in [0.15, 0.2) is 50.6 Å².